The van der Waals surface area contributed by atoms with Crippen molar-refractivity contribution in [3.63, 3.8) is 0 Å². The molecule has 1 aliphatic heterocycles. The molecule has 1 aliphatic rings. The van der Waals surface area contributed by atoms with Crippen LogP contribution in [0.15, 0.2) is 53.6 Å². The molecule has 0 aromatic heterocycles. The molecule has 0 bridgehead atoms. The summed E-state index contributed by atoms with van der Waals surface area (Å²) in [5.74, 6) is -0.636. The van der Waals surface area contributed by atoms with Crippen LogP contribution < -0.4 is 15.1 Å². The minimum absolute atomic E-state index is 0.0985. The predicted octanol–water partition coefficient (Wildman–Crippen LogP) is 2.34. The van der Waals surface area contributed by atoms with Crippen molar-refractivity contribution in [2.45, 2.75) is 6.42 Å². The molecule has 134 valence electrons. The predicted molar refractivity (Wildman–Crippen MR) is 95.6 cm³/mol. The van der Waals surface area contributed by atoms with E-state index in [0.717, 1.165) is 11.3 Å². The molecule has 1 fully saturated rings. The summed E-state index contributed by atoms with van der Waals surface area (Å²) < 4.78 is 18.1. The summed E-state index contributed by atoms with van der Waals surface area (Å²) in [6, 6.07) is 12.8. The molecule has 2 aromatic carbocycles. The number of carbonyl (C=O) groups is 2. The molecule has 0 saturated carbocycles. The van der Waals surface area contributed by atoms with Gasteiger partial charge >= 0.3 is 0 Å². The van der Waals surface area contributed by atoms with Crippen molar-refractivity contribution in [3.8, 4) is 5.75 Å². The van der Waals surface area contributed by atoms with Gasteiger partial charge in [-0.05, 0) is 54.1 Å². The average molecular weight is 355 g/mol. The Morgan fingerprint density at radius 3 is 2.58 bits per heavy atom. The van der Waals surface area contributed by atoms with Gasteiger partial charge in [0, 0.05) is 18.7 Å². The number of amides is 2. The van der Waals surface area contributed by atoms with E-state index in [1.807, 2.05) is 12.1 Å². The number of anilines is 1. The number of hydrazone groups is 1. The van der Waals surface area contributed by atoms with Crippen LogP contribution in [-0.4, -0.2) is 31.7 Å². The van der Waals surface area contributed by atoms with Crippen LogP contribution in [0.25, 0.3) is 0 Å². The van der Waals surface area contributed by atoms with E-state index in [1.165, 1.54) is 35.4 Å². The number of halogens is 1. The van der Waals surface area contributed by atoms with Crippen molar-refractivity contribution < 1.29 is 18.7 Å². The number of hydrogen-bond acceptors (Lipinski definition) is 4. The van der Waals surface area contributed by atoms with E-state index in [1.54, 1.807) is 19.2 Å². The molecular formula is C19H18FN3O3. The Labute approximate surface area is 150 Å². The van der Waals surface area contributed by atoms with E-state index in [4.69, 9.17) is 4.74 Å². The number of nitrogens with one attached hydrogen (secondary N) is 1. The molecule has 1 atom stereocenters. The smallest absolute Gasteiger partial charge is 0.245 e. The third-order valence-electron chi connectivity index (χ3n) is 4.14. The Hall–Kier alpha value is -3.22. The second kappa shape index (κ2) is 7.77. The lowest BCUT2D eigenvalue weighted by Gasteiger charge is -2.16. The number of carbonyl (C=O) groups excluding carboxylic acids is 2. The van der Waals surface area contributed by atoms with Crippen LogP contribution in [-0.2, 0) is 9.59 Å². The highest BCUT2D eigenvalue weighted by Crippen LogP contribution is 2.25. The first kappa shape index (κ1) is 17.6. The fourth-order valence-electron chi connectivity index (χ4n) is 2.71. The van der Waals surface area contributed by atoms with Gasteiger partial charge in [0.05, 0.1) is 19.2 Å². The summed E-state index contributed by atoms with van der Waals surface area (Å²) in [5.41, 5.74) is 3.85. The van der Waals surface area contributed by atoms with Crippen molar-refractivity contribution in [1.29, 1.82) is 0 Å². The first-order valence-electron chi connectivity index (χ1n) is 8.09. The molecule has 3 rings (SSSR count). The fourth-order valence-corrected chi connectivity index (χ4v) is 2.71. The lowest BCUT2D eigenvalue weighted by Crippen LogP contribution is -2.30. The van der Waals surface area contributed by atoms with Gasteiger partial charge in [0.15, 0.2) is 0 Å². The summed E-state index contributed by atoms with van der Waals surface area (Å²) in [5, 5.41) is 3.93. The van der Waals surface area contributed by atoms with E-state index in [2.05, 4.69) is 10.5 Å². The van der Waals surface area contributed by atoms with E-state index < -0.39 is 5.92 Å². The van der Waals surface area contributed by atoms with Crippen molar-refractivity contribution in [2.75, 3.05) is 18.6 Å². The van der Waals surface area contributed by atoms with Crippen molar-refractivity contribution in [2.24, 2.45) is 11.0 Å². The van der Waals surface area contributed by atoms with Gasteiger partial charge in [-0.3, -0.25) is 9.59 Å². The number of nitrogens with zero attached hydrogens (tertiary/aromatic N) is 2. The maximum Gasteiger partial charge on any atom is 0.245 e. The number of hydrogen-bond donors (Lipinski definition) is 1. The molecule has 0 aliphatic carbocycles. The first-order chi connectivity index (χ1) is 12.6. The van der Waals surface area contributed by atoms with Crippen LogP contribution in [0.5, 0.6) is 5.75 Å². The number of rotatable bonds is 5. The maximum absolute atomic E-state index is 13.0. The number of ether oxygens (including phenoxy) is 1. The normalized spacial score (nSPS) is 16.9. The first-order valence-corrected chi connectivity index (χ1v) is 8.09. The molecule has 2 amide bonds. The molecule has 0 spiro atoms. The lowest BCUT2D eigenvalue weighted by molar-refractivity contribution is -0.126. The van der Waals surface area contributed by atoms with Gasteiger partial charge in [-0.2, -0.15) is 5.10 Å². The van der Waals surface area contributed by atoms with Gasteiger partial charge in [-0.15, -0.1) is 0 Å². The van der Waals surface area contributed by atoms with Gasteiger partial charge in [0.1, 0.15) is 11.6 Å². The second-order valence-electron chi connectivity index (χ2n) is 5.89. The highest BCUT2D eigenvalue weighted by Gasteiger charge is 2.35. The molecule has 1 N–H and O–H groups in total. The van der Waals surface area contributed by atoms with Crippen LogP contribution in [0.1, 0.15) is 12.0 Å². The molecule has 6 nitrogen and oxygen atoms in total. The Morgan fingerprint density at radius 1 is 1.23 bits per heavy atom. The minimum Gasteiger partial charge on any atom is -0.497 e. The molecule has 0 radical (unpaired) electrons. The average Bonchev–Trinajstić information content (AvgIpc) is 3.05. The number of benzene rings is 2. The summed E-state index contributed by atoms with van der Waals surface area (Å²) in [6.07, 6.45) is 1.62. The third-order valence-corrected chi connectivity index (χ3v) is 4.14. The molecule has 1 saturated heterocycles. The highest BCUT2D eigenvalue weighted by molar-refractivity contribution is 6.00. The monoisotopic (exact) mass is 355 g/mol. The Morgan fingerprint density at radius 2 is 1.92 bits per heavy atom. The highest BCUT2D eigenvalue weighted by atomic mass is 19.1. The lowest BCUT2D eigenvalue weighted by atomic mass is 10.1. The van der Waals surface area contributed by atoms with Crippen LogP contribution >= 0.6 is 0 Å². The van der Waals surface area contributed by atoms with E-state index in [9.17, 15) is 14.0 Å². The second-order valence-corrected chi connectivity index (χ2v) is 5.89. The van der Waals surface area contributed by atoms with Crippen molar-refractivity contribution in [1.82, 2.24) is 5.43 Å². The molecule has 1 unspecified atom stereocenters. The van der Waals surface area contributed by atoms with E-state index >= 15 is 0 Å². The van der Waals surface area contributed by atoms with Gasteiger partial charge < -0.3 is 9.64 Å². The fraction of sp³-hybridized carbons (Fsp3) is 0.211. The summed E-state index contributed by atoms with van der Waals surface area (Å²) >= 11 is 0. The standard InChI is InChI=1S/C19H18FN3O3/c1-26-17-8-2-13(3-9-17)11-21-22-19(25)14-10-18(24)23(12-14)16-6-4-15(20)5-7-16/h2-9,11,14H,10,12H2,1H3,(H,22,25). The zero-order valence-electron chi connectivity index (χ0n) is 14.2. The quantitative estimate of drug-likeness (QED) is 0.661. The molecular weight excluding hydrogens is 337 g/mol. The van der Waals surface area contributed by atoms with Gasteiger partial charge in [-0.25, -0.2) is 9.82 Å². The summed E-state index contributed by atoms with van der Waals surface area (Å²) in [4.78, 5) is 25.8. The Balaban J connectivity index is 1.57. The van der Waals surface area contributed by atoms with Gasteiger partial charge in [0.2, 0.25) is 11.8 Å². The van der Waals surface area contributed by atoms with Crippen LogP contribution in [0.3, 0.4) is 0 Å². The largest absolute Gasteiger partial charge is 0.497 e. The summed E-state index contributed by atoms with van der Waals surface area (Å²) in [7, 11) is 1.58. The topological polar surface area (TPSA) is 71.0 Å². The van der Waals surface area contributed by atoms with Crippen LogP contribution in [0.4, 0.5) is 10.1 Å². The van der Waals surface area contributed by atoms with E-state index in [0.29, 0.717) is 5.69 Å². The molecule has 7 heteroatoms. The number of methoxy groups -OCH3 is 1. The Bertz CT molecular complexity index is 819. The summed E-state index contributed by atoms with van der Waals surface area (Å²) in [6.45, 7) is 0.244. The van der Waals surface area contributed by atoms with E-state index in [-0.39, 0.29) is 30.6 Å². The SMILES string of the molecule is COc1ccc(C=NNC(=O)C2CC(=O)N(c3ccc(F)cc3)C2)cc1. The van der Waals surface area contributed by atoms with Crippen LogP contribution in [0, 0.1) is 11.7 Å². The van der Waals surface area contributed by atoms with Crippen LogP contribution in [0.2, 0.25) is 0 Å². The minimum atomic E-state index is -0.499. The maximum atomic E-state index is 13.0. The zero-order valence-corrected chi connectivity index (χ0v) is 14.2. The molecule has 1 heterocycles. The van der Waals surface area contributed by atoms with Gasteiger partial charge in [-0.1, -0.05) is 0 Å². The van der Waals surface area contributed by atoms with Crippen molar-refractivity contribution >= 4 is 23.7 Å². The zero-order chi connectivity index (χ0) is 18.5. The molecule has 2 aromatic rings. The third kappa shape index (κ3) is 4.05. The van der Waals surface area contributed by atoms with Gasteiger partial charge in [0.25, 0.3) is 0 Å². The Kier molecular flexibility index (Phi) is 5.26. The molecule has 26 heavy (non-hydrogen) atoms. The van der Waals surface area contributed by atoms with Crippen molar-refractivity contribution in [3.05, 3.63) is 59.9 Å².